The number of nitrogens with zero attached hydrogens (tertiary/aromatic N) is 3. The molecule has 1 aliphatic rings. The fourth-order valence-electron chi connectivity index (χ4n) is 3.90. The van der Waals surface area contributed by atoms with E-state index in [-0.39, 0.29) is 12.3 Å². The van der Waals surface area contributed by atoms with Gasteiger partial charge in [0.15, 0.2) is 11.4 Å². The van der Waals surface area contributed by atoms with Crippen molar-refractivity contribution < 1.29 is 14.2 Å². The van der Waals surface area contributed by atoms with E-state index in [1.54, 1.807) is 21.3 Å². The van der Waals surface area contributed by atoms with Gasteiger partial charge in [0.05, 0.1) is 13.7 Å². The fraction of sp³-hybridized carbons (Fsp3) is 0.480. The summed E-state index contributed by atoms with van der Waals surface area (Å²) >= 11 is 5.66. The quantitative estimate of drug-likeness (QED) is 0.433. The molecule has 8 heteroatoms. The lowest BCUT2D eigenvalue weighted by molar-refractivity contribution is -0.111. The molecule has 1 fully saturated rings. The van der Waals surface area contributed by atoms with Crippen LogP contribution in [0.5, 0.6) is 5.75 Å². The van der Waals surface area contributed by atoms with Crippen LogP contribution in [0.2, 0.25) is 0 Å². The third kappa shape index (κ3) is 6.72. The van der Waals surface area contributed by atoms with E-state index < -0.39 is 0 Å². The molecule has 0 amide bonds. The highest BCUT2D eigenvalue weighted by molar-refractivity contribution is 7.80. The van der Waals surface area contributed by atoms with Crippen LogP contribution in [-0.4, -0.2) is 76.4 Å². The van der Waals surface area contributed by atoms with Gasteiger partial charge in [-0.1, -0.05) is 0 Å². The predicted octanol–water partition coefficient (Wildman–Crippen LogP) is 4.05. The van der Waals surface area contributed by atoms with Crippen molar-refractivity contribution in [2.45, 2.75) is 26.2 Å². The molecule has 0 aromatic heterocycles. The van der Waals surface area contributed by atoms with Gasteiger partial charge in [-0.3, -0.25) is 0 Å². The summed E-state index contributed by atoms with van der Waals surface area (Å²) < 4.78 is 16.0. The molecular weight excluding hydrogens is 436 g/mol. The summed E-state index contributed by atoms with van der Waals surface area (Å²) in [6.45, 7) is 8.70. The van der Waals surface area contributed by atoms with E-state index in [2.05, 4.69) is 70.3 Å². The van der Waals surface area contributed by atoms with Crippen LogP contribution in [0.4, 0.5) is 17.1 Å². The van der Waals surface area contributed by atoms with E-state index in [0.29, 0.717) is 11.7 Å². The largest absolute Gasteiger partial charge is 0.497 e. The highest BCUT2D eigenvalue weighted by Crippen LogP contribution is 2.24. The minimum absolute atomic E-state index is 0.221. The Morgan fingerprint density at radius 1 is 0.879 bits per heavy atom. The van der Waals surface area contributed by atoms with E-state index in [1.165, 1.54) is 11.4 Å². The molecule has 0 bridgehead atoms. The van der Waals surface area contributed by atoms with Gasteiger partial charge in [-0.2, -0.15) is 0 Å². The van der Waals surface area contributed by atoms with Gasteiger partial charge < -0.3 is 34.2 Å². The number of methoxy groups -OCH3 is 3. The number of thiocarbonyl (C=S) groups is 1. The Hall–Kier alpha value is -2.55. The van der Waals surface area contributed by atoms with Gasteiger partial charge in [0.25, 0.3) is 0 Å². The lowest BCUT2D eigenvalue weighted by Gasteiger charge is -2.37. The molecule has 1 N–H and O–H groups in total. The average molecular weight is 473 g/mol. The van der Waals surface area contributed by atoms with E-state index >= 15 is 0 Å². The second-order valence-corrected chi connectivity index (χ2v) is 8.68. The van der Waals surface area contributed by atoms with Gasteiger partial charge in [0.1, 0.15) is 5.75 Å². The van der Waals surface area contributed by atoms with Crippen molar-refractivity contribution in [3.05, 3.63) is 48.5 Å². The van der Waals surface area contributed by atoms with E-state index in [0.717, 1.165) is 37.6 Å². The number of rotatable bonds is 9. The summed E-state index contributed by atoms with van der Waals surface area (Å²) in [7, 11) is 4.97. The van der Waals surface area contributed by atoms with Crippen LogP contribution in [-0.2, 0) is 9.47 Å². The number of anilines is 3. The number of hydrogen-bond donors (Lipinski definition) is 1. The summed E-state index contributed by atoms with van der Waals surface area (Å²) in [4.78, 5) is 6.90. The molecule has 1 heterocycles. The van der Waals surface area contributed by atoms with Crippen LogP contribution in [0.1, 0.15) is 13.8 Å². The zero-order valence-electron chi connectivity index (χ0n) is 20.3. The molecule has 33 heavy (non-hydrogen) atoms. The maximum Gasteiger partial charge on any atom is 0.174 e. The highest BCUT2D eigenvalue weighted by Gasteiger charge is 2.20. The number of nitrogens with one attached hydrogen (secondary N) is 1. The van der Waals surface area contributed by atoms with Crippen molar-refractivity contribution >= 4 is 34.4 Å². The minimum Gasteiger partial charge on any atom is -0.497 e. The van der Waals surface area contributed by atoms with E-state index in [1.807, 2.05) is 12.1 Å². The second kappa shape index (κ2) is 12.1. The van der Waals surface area contributed by atoms with Crippen molar-refractivity contribution in [1.29, 1.82) is 0 Å². The van der Waals surface area contributed by atoms with Crippen LogP contribution in [0.15, 0.2) is 48.5 Å². The Morgan fingerprint density at radius 2 is 1.36 bits per heavy atom. The smallest absolute Gasteiger partial charge is 0.174 e. The number of ether oxygens (including phenoxy) is 3. The van der Waals surface area contributed by atoms with Crippen LogP contribution in [0.3, 0.4) is 0 Å². The highest BCUT2D eigenvalue weighted by atomic mass is 32.1. The standard InChI is InChI=1S/C25H36N4O3S/c1-19(2)29(18-24(31-4)32-5)25(33)26-20-6-8-21(9-7-20)27-14-16-28(17-15-27)22-10-12-23(30-3)13-11-22/h6-13,19,24H,14-18H2,1-5H3,(H,26,33). The van der Waals surface area contributed by atoms with Crippen LogP contribution < -0.4 is 19.9 Å². The molecule has 0 radical (unpaired) electrons. The lowest BCUT2D eigenvalue weighted by atomic mass is 10.2. The molecule has 7 nitrogen and oxygen atoms in total. The SMILES string of the molecule is COc1ccc(N2CCN(c3ccc(NC(=S)N(CC(OC)OC)C(C)C)cc3)CC2)cc1. The first kappa shape index (κ1) is 25.1. The first-order valence-corrected chi connectivity index (χ1v) is 11.7. The van der Waals surface area contributed by atoms with Crippen LogP contribution in [0, 0.1) is 0 Å². The second-order valence-electron chi connectivity index (χ2n) is 8.30. The van der Waals surface area contributed by atoms with Crippen LogP contribution in [0.25, 0.3) is 0 Å². The van der Waals surface area contributed by atoms with Crippen molar-refractivity contribution in [3.63, 3.8) is 0 Å². The molecule has 0 unspecified atom stereocenters. The molecule has 0 saturated carbocycles. The maximum absolute atomic E-state index is 5.66. The Balaban J connectivity index is 1.55. The Labute approximate surface area is 203 Å². The maximum atomic E-state index is 5.66. The number of hydrogen-bond acceptors (Lipinski definition) is 6. The van der Waals surface area contributed by atoms with Crippen molar-refractivity contribution in [3.8, 4) is 5.75 Å². The normalized spacial score (nSPS) is 14.0. The summed E-state index contributed by atoms with van der Waals surface area (Å²) in [5.74, 6) is 0.888. The first-order valence-electron chi connectivity index (χ1n) is 11.3. The Kier molecular flexibility index (Phi) is 9.17. The molecule has 0 aliphatic carbocycles. The summed E-state index contributed by atoms with van der Waals surface area (Å²) in [5.41, 5.74) is 3.43. The Bertz CT molecular complexity index is 864. The summed E-state index contributed by atoms with van der Waals surface area (Å²) in [5, 5.41) is 4.01. The zero-order chi connectivity index (χ0) is 23.8. The lowest BCUT2D eigenvalue weighted by Crippen LogP contribution is -2.46. The molecule has 0 atom stereocenters. The minimum atomic E-state index is -0.328. The third-order valence-corrected chi connectivity index (χ3v) is 6.29. The summed E-state index contributed by atoms with van der Waals surface area (Å²) in [6, 6.07) is 17.0. The van der Waals surface area contributed by atoms with Crippen LogP contribution >= 0.6 is 12.2 Å². The van der Waals surface area contributed by atoms with Gasteiger partial charge in [-0.15, -0.1) is 0 Å². The van der Waals surface area contributed by atoms with Gasteiger partial charge >= 0.3 is 0 Å². The molecule has 3 rings (SSSR count). The van der Waals surface area contributed by atoms with Gasteiger partial charge in [0, 0.05) is 63.5 Å². The zero-order valence-corrected chi connectivity index (χ0v) is 21.1. The average Bonchev–Trinajstić information content (AvgIpc) is 2.85. The molecule has 2 aromatic carbocycles. The van der Waals surface area contributed by atoms with Gasteiger partial charge in [-0.05, 0) is 74.6 Å². The van der Waals surface area contributed by atoms with Crippen molar-refractivity contribution in [2.75, 3.05) is 69.2 Å². The predicted molar refractivity (Wildman–Crippen MR) is 140 cm³/mol. The summed E-state index contributed by atoms with van der Waals surface area (Å²) in [6.07, 6.45) is -0.328. The third-order valence-electron chi connectivity index (χ3n) is 5.96. The molecular formula is C25H36N4O3S. The molecule has 1 saturated heterocycles. The number of piperazine rings is 1. The van der Waals surface area contributed by atoms with Crippen molar-refractivity contribution in [1.82, 2.24) is 4.90 Å². The molecule has 180 valence electrons. The first-order chi connectivity index (χ1) is 15.9. The topological polar surface area (TPSA) is 49.4 Å². The van der Waals surface area contributed by atoms with E-state index in [9.17, 15) is 0 Å². The molecule has 0 spiro atoms. The number of benzene rings is 2. The fourth-order valence-corrected chi connectivity index (χ4v) is 4.30. The van der Waals surface area contributed by atoms with Crippen molar-refractivity contribution in [2.24, 2.45) is 0 Å². The molecule has 1 aliphatic heterocycles. The monoisotopic (exact) mass is 472 g/mol. The Morgan fingerprint density at radius 3 is 1.79 bits per heavy atom. The van der Waals surface area contributed by atoms with E-state index in [4.69, 9.17) is 26.4 Å². The molecule has 2 aromatic rings. The van der Waals surface area contributed by atoms with Gasteiger partial charge in [0.2, 0.25) is 0 Å². The van der Waals surface area contributed by atoms with Gasteiger partial charge in [-0.25, -0.2) is 0 Å².